The SMILES string of the molecule is Cl.Clc1nccc(CNC2CCNC2)n1. The molecule has 1 fully saturated rings. The lowest BCUT2D eigenvalue weighted by molar-refractivity contribution is 0.541. The Morgan fingerprint density at radius 3 is 3.13 bits per heavy atom. The van der Waals surface area contributed by atoms with Crippen molar-refractivity contribution >= 4 is 24.0 Å². The van der Waals surface area contributed by atoms with Crippen molar-refractivity contribution in [2.75, 3.05) is 13.1 Å². The topological polar surface area (TPSA) is 49.8 Å². The second-order valence-corrected chi connectivity index (χ2v) is 3.73. The van der Waals surface area contributed by atoms with Gasteiger partial charge in [-0.15, -0.1) is 12.4 Å². The minimum Gasteiger partial charge on any atom is -0.315 e. The van der Waals surface area contributed by atoms with Crippen LogP contribution in [-0.2, 0) is 6.54 Å². The molecule has 1 aromatic rings. The van der Waals surface area contributed by atoms with Gasteiger partial charge < -0.3 is 10.6 Å². The molecule has 1 aliphatic heterocycles. The molecule has 2 rings (SSSR count). The third kappa shape index (κ3) is 3.91. The van der Waals surface area contributed by atoms with E-state index in [4.69, 9.17) is 11.6 Å². The second kappa shape index (κ2) is 6.23. The van der Waals surface area contributed by atoms with Gasteiger partial charge in [0.05, 0.1) is 5.69 Å². The first-order chi connectivity index (χ1) is 6.84. The fourth-order valence-electron chi connectivity index (χ4n) is 1.55. The van der Waals surface area contributed by atoms with E-state index in [2.05, 4.69) is 20.6 Å². The van der Waals surface area contributed by atoms with Gasteiger partial charge in [-0.05, 0) is 30.6 Å². The molecule has 15 heavy (non-hydrogen) atoms. The highest BCUT2D eigenvalue weighted by Gasteiger charge is 2.13. The Morgan fingerprint density at radius 2 is 2.47 bits per heavy atom. The zero-order valence-corrected chi connectivity index (χ0v) is 9.81. The van der Waals surface area contributed by atoms with Crippen LogP contribution in [-0.4, -0.2) is 29.1 Å². The van der Waals surface area contributed by atoms with Gasteiger partial charge in [-0.3, -0.25) is 0 Å². The van der Waals surface area contributed by atoms with Crippen LogP contribution in [0.15, 0.2) is 12.3 Å². The molecule has 1 saturated heterocycles. The Labute approximate surface area is 100 Å². The van der Waals surface area contributed by atoms with Crippen LogP contribution in [0.1, 0.15) is 12.1 Å². The Kier molecular flexibility index (Phi) is 5.25. The van der Waals surface area contributed by atoms with Crippen molar-refractivity contribution in [3.05, 3.63) is 23.2 Å². The highest BCUT2D eigenvalue weighted by Crippen LogP contribution is 2.02. The van der Waals surface area contributed by atoms with Gasteiger partial charge in [0, 0.05) is 25.3 Å². The van der Waals surface area contributed by atoms with Crippen molar-refractivity contribution in [1.29, 1.82) is 0 Å². The van der Waals surface area contributed by atoms with Crippen molar-refractivity contribution < 1.29 is 0 Å². The summed E-state index contributed by atoms with van der Waals surface area (Å²) in [6.45, 7) is 2.90. The van der Waals surface area contributed by atoms with E-state index in [0.717, 1.165) is 25.3 Å². The second-order valence-electron chi connectivity index (χ2n) is 3.39. The summed E-state index contributed by atoms with van der Waals surface area (Å²) in [5, 5.41) is 7.03. The van der Waals surface area contributed by atoms with Gasteiger partial charge >= 0.3 is 0 Å². The molecule has 0 bridgehead atoms. The maximum absolute atomic E-state index is 5.68. The zero-order chi connectivity index (χ0) is 9.80. The first-order valence-corrected chi connectivity index (χ1v) is 5.14. The van der Waals surface area contributed by atoms with Crippen LogP contribution in [0.3, 0.4) is 0 Å². The monoisotopic (exact) mass is 248 g/mol. The van der Waals surface area contributed by atoms with Crippen LogP contribution in [0.2, 0.25) is 5.28 Å². The van der Waals surface area contributed by atoms with Crippen molar-refractivity contribution in [2.24, 2.45) is 0 Å². The third-order valence-electron chi connectivity index (χ3n) is 2.32. The molecule has 0 radical (unpaired) electrons. The van der Waals surface area contributed by atoms with Gasteiger partial charge in [0.25, 0.3) is 0 Å². The predicted octanol–water partition coefficient (Wildman–Crippen LogP) is 1.00. The van der Waals surface area contributed by atoms with Crippen LogP contribution in [0, 0.1) is 0 Å². The molecule has 1 atom stereocenters. The zero-order valence-electron chi connectivity index (χ0n) is 8.24. The smallest absolute Gasteiger partial charge is 0.222 e. The molecule has 4 nitrogen and oxygen atoms in total. The number of halogens is 2. The van der Waals surface area contributed by atoms with Gasteiger partial charge in [-0.2, -0.15) is 0 Å². The number of aromatic nitrogens is 2. The van der Waals surface area contributed by atoms with Crippen molar-refractivity contribution in [2.45, 2.75) is 19.0 Å². The maximum atomic E-state index is 5.68. The molecular weight excluding hydrogens is 235 g/mol. The summed E-state index contributed by atoms with van der Waals surface area (Å²) in [5.74, 6) is 0. The maximum Gasteiger partial charge on any atom is 0.222 e. The van der Waals surface area contributed by atoms with Gasteiger partial charge in [0.15, 0.2) is 0 Å². The highest BCUT2D eigenvalue weighted by atomic mass is 35.5. The molecule has 84 valence electrons. The lowest BCUT2D eigenvalue weighted by Crippen LogP contribution is -2.30. The highest BCUT2D eigenvalue weighted by molar-refractivity contribution is 6.28. The fraction of sp³-hybridized carbons (Fsp3) is 0.556. The van der Waals surface area contributed by atoms with Crippen molar-refractivity contribution in [3.63, 3.8) is 0 Å². The molecule has 1 aromatic heterocycles. The minimum atomic E-state index is 0. The molecule has 0 aromatic carbocycles. The van der Waals surface area contributed by atoms with E-state index in [0.29, 0.717) is 11.3 Å². The van der Waals surface area contributed by atoms with Crippen LogP contribution >= 0.6 is 24.0 Å². The first kappa shape index (κ1) is 12.6. The number of hydrogen-bond donors (Lipinski definition) is 2. The van der Waals surface area contributed by atoms with E-state index in [1.54, 1.807) is 6.20 Å². The normalized spacial score (nSPS) is 19.9. The predicted molar refractivity (Wildman–Crippen MR) is 62.4 cm³/mol. The molecule has 2 heterocycles. The van der Waals surface area contributed by atoms with Crippen LogP contribution < -0.4 is 10.6 Å². The van der Waals surface area contributed by atoms with E-state index in [9.17, 15) is 0 Å². The van der Waals surface area contributed by atoms with Gasteiger partial charge in [-0.1, -0.05) is 0 Å². The molecule has 0 amide bonds. The molecular formula is C9H14Cl2N4. The van der Waals surface area contributed by atoms with Gasteiger partial charge in [0.1, 0.15) is 0 Å². The molecule has 1 unspecified atom stereocenters. The summed E-state index contributed by atoms with van der Waals surface area (Å²) in [4.78, 5) is 7.94. The Bertz CT molecular complexity index is 302. The van der Waals surface area contributed by atoms with E-state index in [-0.39, 0.29) is 12.4 Å². The number of hydrogen-bond acceptors (Lipinski definition) is 4. The molecule has 0 spiro atoms. The number of nitrogens with zero attached hydrogens (tertiary/aromatic N) is 2. The van der Waals surface area contributed by atoms with Crippen LogP contribution in [0.4, 0.5) is 0 Å². The molecule has 0 saturated carbocycles. The summed E-state index contributed by atoms with van der Waals surface area (Å²) >= 11 is 5.68. The first-order valence-electron chi connectivity index (χ1n) is 4.76. The number of nitrogens with one attached hydrogen (secondary N) is 2. The molecule has 0 aliphatic carbocycles. The van der Waals surface area contributed by atoms with Gasteiger partial charge in [0.2, 0.25) is 5.28 Å². The Balaban J connectivity index is 0.00000112. The fourth-order valence-corrected chi connectivity index (χ4v) is 1.71. The van der Waals surface area contributed by atoms with Crippen LogP contribution in [0.5, 0.6) is 0 Å². The van der Waals surface area contributed by atoms with Crippen LogP contribution in [0.25, 0.3) is 0 Å². The van der Waals surface area contributed by atoms with E-state index < -0.39 is 0 Å². The summed E-state index contributed by atoms with van der Waals surface area (Å²) in [6, 6.07) is 2.44. The minimum absolute atomic E-state index is 0. The molecule has 6 heteroatoms. The largest absolute Gasteiger partial charge is 0.315 e. The Hall–Kier alpha value is -0.420. The van der Waals surface area contributed by atoms with Crippen molar-refractivity contribution in [3.8, 4) is 0 Å². The van der Waals surface area contributed by atoms with Gasteiger partial charge in [-0.25, -0.2) is 9.97 Å². The van der Waals surface area contributed by atoms with E-state index in [1.807, 2.05) is 6.07 Å². The Morgan fingerprint density at radius 1 is 1.60 bits per heavy atom. The average Bonchev–Trinajstić information content (AvgIpc) is 2.67. The molecule has 2 N–H and O–H groups in total. The summed E-state index contributed by atoms with van der Waals surface area (Å²) in [5.41, 5.74) is 0.942. The van der Waals surface area contributed by atoms with E-state index in [1.165, 1.54) is 6.42 Å². The van der Waals surface area contributed by atoms with E-state index >= 15 is 0 Å². The van der Waals surface area contributed by atoms with Crippen molar-refractivity contribution in [1.82, 2.24) is 20.6 Å². The number of rotatable bonds is 3. The standard InChI is InChI=1S/C9H13ClN4.ClH/c10-9-12-4-2-8(14-9)6-13-7-1-3-11-5-7;/h2,4,7,11,13H,1,3,5-6H2;1H. The summed E-state index contributed by atoms with van der Waals surface area (Å²) in [7, 11) is 0. The summed E-state index contributed by atoms with van der Waals surface area (Å²) in [6.07, 6.45) is 2.86. The quantitative estimate of drug-likeness (QED) is 0.785. The lowest BCUT2D eigenvalue weighted by atomic mass is 10.2. The summed E-state index contributed by atoms with van der Waals surface area (Å²) < 4.78 is 0. The lowest BCUT2D eigenvalue weighted by Gasteiger charge is -2.10. The average molecular weight is 249 g/mol. The molecule has 1 aliphatic rings. The third-order valence-corrected chi connectivity index (χ3v) is 2.50.